The smallest absolute Gasteiger partial charge is 0.338 e. The number of carboxylic acids is 1. The van der Waals surface area contributed by atoms with Crippen molar-refractivity contribution >= 4 is 5.97 Å². The predicted octanol–water partition coefficient (Wildman–Crippen LogP) is 1.82. The molecule has 0 radical (unpaired) electrons. The Hall–Kier alpha value is -1.62. The van der Waals surface area contributed by atoms with Crippen molar-refractivity contribution < 1.29 is 23.8 Å². The zero-order chi connectivity index (χ0) is 11.4. The highest BCUT2D eigenvalue weighted by molar-refractivity contribution is 5.88. The van der Waals surface area contributed by atoms with Crippen LogP contribution in [0, 0.1) is 12.7 Å². The summed E-state index contributed by atoms with van der Waals surface area (Å²) >= 11 is 0. The van der Waals surface area contributed by atoms with Crippen LogP contribution in [0.1, 0.15) is 15.9 Å². The van der Waals surface area contributed by atoms with Gasteiger partial charge in [0.05, 0.1) is 5.56 Å². The van der Waals surface area contributed by atoms with Crippen molar-refractivity contribution in [3.05, 3.63) is 29.1 Å². The lowest BCUT2D eigenvalue weighted by atomic mass is 10.1. The lowest BCUT2D eigenvalue weighted by Gasteiger charge is -2.09. The van der Waals surface area contributed by atoms with Gasteiger partial charge in [-0.15, -0.1) is 0 Å². The fraction of sp³-hybridized carbons (Fsp3) is 0.300. The van der Waals surface area contributed by atoms with Crippen LogP contribution in [0.2, 0.25) is 0 Å². The summed E-state index contributed by atoms with van der Waals surface area (Å²) in [5.74, 6) is -1.84. The molecule has 0 bridgehead atoms. The quantitative estimate of drug-likeness (QED) is 0.776. The number of carboxylic acid groups (broad SMARTS) is 1. The molecule has 0 aliphatic carbocycles. The number of aryl methyl sites for hydroxylation is 1. The van der Waals surface area contributed by atoms with Crippen molar-refractivity contribution in [3.8, 4) is 5.75 Å². The molecule has 1 aromatic rings. The van der Waals surface area contributed by atoms with Crippen LogP contribution < -0.4 is 4.74 Å². The highest BCUT2D eigenvalue weighted by atomic mass is 19.1. The zero-order valence-electron chi connectivity index (χ0n) is 8.41. The van der Waals surface area contributed by atoms with Gasteiger partial charge in [-0.05, 0) is 18.6 Å². The maximum Gasteiger partial charge on any atom is 0.338 e. The average Bonchev–Trinajstić information content (AvgIpc) is 2.18. The normalized spacial score (nSPS) is 10.1. The average molecular weight is 214 g/mol. The molecule has 0 atom stereocenters. The van der Waals surface area contributed by atoms with E-state index in [2.05, 4.69) is 4.74 Å². The van der Waals surface area contributed by atoms with Gasteiger partial charge in [0, 0.05) is 13.2 Å². The Kier molecular flexibility index (Phi) is 3.62. The largest absolute Gasteiger partial charge is 0.478 e. The van der Waals surface area contributed by atoms with Gasteiger partial charge >= 0.3 is 5.97 Å². The highest BCUT2D eigenvalue weighted by Gasteiger charge is 2.13. The van der Waals surface area contributed by atoms with E-state index in [1.165, 1.54) is 13.2 Å². The maximum atomic E-state index is 13.2. The van der Waals surface area contributed by atoms with E-state index >= 15 is 0 Å². The predicted molar refractivity (Wildman–Crippen MR) is 50.6 cm³/mol. The third-order valence-corrected chi connectivity index (χ3v) is 1.83. The molecule has 15 heavy (non-hydrogen) atoms. The van der Waals surface area contributed by atoms with Gasteiger partial charge < -0.3 is 14.6 Å². The van der Waals surface area contributed by atoms with Gasteiger partial charge in [-0.3, -0.25) is 0 Å². The van der Waals surface area contributed by atoms with Crippen LogP contribution in [0.4, 0.5) is 4.39 Å². The summed E-state index contributed by atoms with van der Waals surface area (Å²) in [5, 5.41) is 8.65. The van der Waals surface area contributed by atoms with E-state index in [1.807, 2.05) is 0 Å². The van der Waals surface area contributed by atoms with Crippen molar-refractivity contribution in [1.82, 2.24) is 0 Å². The number of ether oxygens (including phenoxy) is 2. The number of methoxy groups -OCH3 is 1. The van der Waals surface area contributed by atoms with Gasteiger partial charge in [-0.25, -0.2) is 9.18 Å². The Labute approximate surface area is 86.2 Å². The molecule has 4 nitrogen and oxygen atoms in total. The van der Waals surface area contributed by atoms with Gasteiger partial charge in [0.15, 0.2) is 6.79 Å². The first kappa shape index (κ1) is 11.5. The molecule has 0 aromatic heterocycles. The van der Waals surface area contributed by atoms with Crippen LogP contribution in [0.3, 0.4) is 0 Å². The zero-order valence-corrected chi connectivity index (χ0v) is 8.41. The number of hydrogen-bond donors (Lipinski definition) is 1. The molecule has 0 unspecified atom stereocenters. The summed E-state index contributed by atoms with van der Waals surface area (Å²) in [7, 11) is 1.44. The number of carbonyl (C=O) groups is 1. The van der Waals surface area contributed by atoms with Crippen molar-refractivity contribution in [2.45, 2.75) is 6.92 Å². The fourth-order valence-corrected chi connectivity index (χ4v) is 1.11. The van der Waals surface area contributed by atoms with Crippen molar-refractivity contribution in [2.75, 3.05) is 13.9 Å². The van der Waals surface area contributed by atoms with E-state index in [1.54, 1.807) is 6.92 Å². The molecule has 1 rings (SSSR count). The molecular formula is C10H11FO4. The Balaban J connectivity index is 3.02. The molecule has 1 N–H and O–H groups in total. The number of rotatable bonds is 4. The summed E-state index contributed by atoms with van der Waals surface area (Å²) in [4.78, 5) is 10.6. The molecule has 0 heterocycles. The minimum absolute atomic E-state index is 0.00724. The van der Waals surface area contributed by atoms with E-state index in [9.17, 15) is 9.18 Å². The molecule has 0 saturated carbocycles. The van der Waals surface area contributed by atoms with E-state index in [0.29, 0.717) is 5.56 Å². The van der Waals surface area contributed by atoms with Crippen LogP contribution >= 0.6 is 0 Å². The second-order valence-corrected chi connectivity index (χ2v) is 2.95. The van der Waals surface area contributed by atoms with Gasteiger partial charge in [0.2, 0.25) is 0 Å². The highest BCUT2D eigenvalue weighted by Crippen LogP contribution is 2.22. The third-order valence-electron chi connectivity index (χ3n) is 1.83. The van der Waals surface area contributed by atoms with Gasteiger partial charge in [-0.1, -0.05) is 0 Å². The van der Waals surface area contributed by atoms with Gasteiger partial charge in [-0.2, -0.15) is 0 Å². The van der Waals surface area contributed by atoms with Crippen molar-refractivity contribution in [3.63, 3.8) is 0 Å². The summed E-state index contributed by atoms with van der Waals surface area (Å²) < 4.78 is 22.9. The summed E-state index contributed by atoms with van der Waals surface area (Å²) in [6, 6.07) is 2.26. The van der Waals surface area contributed by atoms with E-state index in [-0.39, 0.29) is 18.1 Å². The molecule has 5 heteroatoms. The van der Waals surface area contributed by atoms with Crippen LogP contribution in [0.25, 0.3) is 0 Å². The monoisotopic (exact) mass is 214 g/mol. The van der Waals surface area contributed by atoms with E-state index in [0.717, 1.165) is 6.07 Å². The van der Waals surface area contributed by atoms with Crippen LogP contribution in [0.5, 0.6) is 5.75 Å². The topological polar surface area (TPSA) is 55.8 Å². The summed E-state index contributed by atoms with van der Waals surface area (Å²) in [6.07, 6.45) is 0. The minimum atomic E-state index is -1.30. The first-order chi connectivity index (χ1) is 7.06. The summed E-state index contributed by atoms with van der Waals surface area (Å²) in [6.45, 7) is 1.63. The Morgan fingerprint density at radius 3 is 2.73 bits per heavy atom. The van der Waals surface area contributed by atoms with E-state index < -0.39 is 11.8 Å². The van der Waals surface area contributed by atoms with Crippen molar-refractivity contribution in [2.24, 2.45) is 0 Å². The number of aromatic carboxylic acids is 1. The first-order valence-electron chi connectivity index (χ1n) is 4.21. The van der Waals surface area contributed by atoms with Gasteiger partial charge in [0.1, 0.15) is 11.6 Å². The SMILES string of the molecule is COCOc1cc(F)c(C(=O)O)cc1C. The molecule has 1 aromatic carbocycles. The van der Waals surface area contributed by atoms with E-state index in [4.69, 9.17) is 9.84 Å². The number of halogens is 1. The number of benzene rings is 1. The van der Waals surface area contributed by atoms with Crippen LogP contribution in [-0.2, 0) is 4.74 Å². The van der Waals surface area contributed by atoms with Crippen LogP contribution in [-0.4, -0.2) is 25.0 Å². The maximum absolute atomic E-state index is 13.2. The molecule has 0 fully saturated rings. The Morgan fingerprint density at radius 1 is 1.53 bits per heavy atom. The fourth-order valence-electron chi connectivity index (χ4n) is 1.11. The third kappa shape index (κ3) is 2.66. The molecule has 0 spiro atoms. The number of hydrogen-bond acceptors (Lipinski definition) is 3. The molecule has 0 aliphatic heterocycles. The lowest BCUT2D eigenvalue weighted by molar-refractivity contribution is 0.0503. The second kappa shape index (κ2) is 4.75. The molecular weight excluding hydrogens is 203 g/mol. The molecule has 0 aliphatic rings. The second-order valence-electron chi connectivity index (χ2n) is 2.95. The minimum Gasteiger partial charge on any atom is -0.478 e. The Bertz CT molecular complexity index is 376. The first-order valence-corrected chi connectivity index (χ1v) is 4.21. The molecule has 82 valence electrons. The molecule has 0 amide bonds. The van der Waals surface area contributed by atoms with Crippen LogP contribution in [0.15, 0.2) is 12.1 Å². The molecule has 0 saturated heterocycles. The Morgan fingerprint density at radius 2 is 2.20 bits per heavy atom. The lowest BCUT2D eigenvalue weighted by Crippen LogP contribution is -2.05. The van der Waals surface area contributed by atoms with Crippen molar-refractivity contribution in [1.29, 1.82) is 0 Å². The standard InChI is InChI=1S/C10H11FO4/c1-6-3-7(10(12)13)8(11)4-9(6)15-5-14-2/h3-4H,5H2,1-2H3,(H,12,13). The summed E-state index contributed by atoms with van der Waals surface area (Å²) in [5.41, 5.74) is 0.183. The van der Waals surface area contributed by atoms with Gasteiger partial charge in [0.25, 0.3) is 0 Å².